The Hall–Kier alpha value is -1.43. The Morgan fingerprint density at radius 2 is 2.19 bits per heavy atom. The molecule has 0 radical (unpaired) electrons. The number of aromatic nitrogens is 3. The van der Waals surface area contributed by atoms with Crippen molar-refractivity contribution in [2.75, 3.05) is 6.61 Å². The molecule has 1 aromatic rings. The predicted molar refractivity (Wildman–Crippen MR) is 58.6 cm³/mol. The molecule has 1 aromatic heterocycles. The maximum absolute atomic E-state index is 11.8. The molecule has 0 spiro atoms. The highest BCUT2D eigenvalue weighted by Crippen LogP contribution is 2.06. The zero-order valence-electron chi connectivity index (χ0n) is 9.79. The number of rotatable bonds is 5. The zero-order chi connectivity index (χ0) is 12.1. The number of hydrogen-bond acceptors (Lipinski definition) is 4. The molecule has 6 heteroatoms. The number of carbonyl (C=O) groups excluding carboxylic acids is 1. The van der Waals surface area contributed by atoms with E-state index < -0.39 is 6.04 Å². The van der Waals surface area contributed by atoms with Gasteiger partial charge in [0, 0.05) is 0 Å². The molecule has 0 aliphatic carbocycles. The Balaban J connectivity index is 2.58. The molecule has 2 atom stereocenters. The molecule has 90 valence electrons. The molecule has 0 aromatic carbocycles. The van der Waals surface area contributed by atoms with Gasteiger partial charge in [0.2, 0.25) is 5.91 Å². The van der Waals surface area contributed by atoms with Crippen LogP contribution in [-0.4, -0.2) is 38.4 Å². The Bertz CT molecular complexity index is 324. The second kappa shape index (κ2) is 5.60. The van der Waals surface area contributed by atoms with E-state index in [0.29, 0.717) is 0 Å². The van der Waals surface area contributed by atoms with Gasteiger partial charge in [0.15, 0.2) is 0 Å². The van der Waals surface area contributed by atoms with Gasteiger partial charge in [0.1, 0.15) is 18.7 Å². The Morgan fingerprint density at radius 1 is 1.50 bits per heavy atom. The third-order valence-corrected chi connectivity index (χ3v) is 2.54. The lowest BCUT2D eigenvalue weighted by atomic mass is 10.1. The minimum absolute atomic E-state index is 0.0620. The van der Waals surface area contributed by atoms with E-state index in [-0.39, 0.29) is 24.5 Å². The van der Waals surface area contributed by atoms with Crippen LogP contribution in [0.4, 0.5) is 0 Å². The van der Waals surface area contributed by atoms with Crippen molar-refractivity contribution in [1.29, 1.82) is 0 Å². The first kappa shape index (κ1) is 12.6. The van der Waals surface area contributed by atoms with Crippen LogP contribution in [0.2, 0.25) is 0 Å². The van der Waals surface area contributed by atoms with Gasteiger partial charge in [0.05, 0.1) is 12.6 Å². The Morgan fingerprint density at radius 3 is 2.62 bits per heavy atom. The van der Waals surface area contributed by atoms with Crippen molar-refractivity contribution in [2.24, 2.45) is 5.92 Å². The molecular weight excluding hydrogens is 208 g/mol. The topological polar surface area (TPSA) is 80.0 Å². The fourth-order valence-electron chi connectivity index (χ4n) is 1.26. The molecule has 0 bridgehead atoms. The van der Waals surface area contributed by atoms with Crippen LogP contribution in [0.15, 0.2) is 12.7 Å². The van der Waals surface area contributed by atoms with E-state index in [1.54, 1.807) is 6.92 Å². The van der Waals surface area contributed by atoms with Crippen LogP contribution < -0.4 is 5.32 Å². The molecular formula is C10H18N4O2. The van der Waals surface area contributed by atoms with E-state index in [2.05, 4.69) is 15.4 Å². The maximum Gasteiger partial charge on any atom is 0.244 e. The van der Waals surface area contributed by atoms with Crippen LogP contribution in [0, 0.1) is 5.92 Å². The quantitative estimate of drug-likeness (QED) is 0.739. The SMILES string of the molecule is CC(C)C(CO)NC(=O)C(C)n1cncn1. The molecule has 16 heavy (non-hydrogen) atoms. The first-order chi connectivity index (χ1) is 7.56. The first-order valence-corrected chi connectivity index (χ1v) is 5.31. The molecule has 0 fully saturated rings. The summed E-state index contributed by atoms with van der Waals surface area (Å²) in [6.07, 6.45) is 2.88. The van der Waals surface area contributed by atoms with Crippen molar-refractivity contribution in [1.82, 2.24) is 20.1 Å². The van der Waals surface area contributed by atoms with Crippen molar-refractivity contribution in [3.8, 4) is 0 Å². The highest BCUT2D eigenvalue weighted by Gasteiger charge is 2.20. The van der Waals surface area contributed by atoms with E-state index in [4.69, 9.17) is 5.11 Å². The van der Waals surface area contributed by atoms with E-state index in [1.807, 2.05) is 13.8 Å². The van der Waals surface area contributed by atoms with Crippen molar-refractivity contribution < 1.29 is 9.90 Å². The van der Waals surface area contributed by atoms with Crippen LogP contribution >= 0.6 is 0 Å². The molecule has 1 amide bonds. The fraction of sp³-hybridized carbons (Fsp3) is 0.700. The van der Waals surface area contributed by atoms with Crippen molar-refractivity contribution in [3.63, 3.8) is 0 Å². The molecule has 2 N–H and O–H groups in total. The molecule has 0 saturated carbocycles. The fourth-order valence-corrected chi connectivity index (χ4v) is 1.26. The average Bonchev–Trinajstić information content (AvgIpc) is 2.77. The van der Waals surface area contributed by atoms with Crippen LogP contribution in [0.25, 0.3) is 0 Å². The molecule has 1 heterocycles. The summed E-state index contributed by atoms with van der Waals surface area (Å²) in [7, 11) is 0. The lowest BCUT2D eigenvalue weighted by Crippen LogP contribution is -2.44. The number of aliphatic hydroxyl groups excluding tert-OH is 1. The maximum atomic E-state index is 11.8. The normalized spacial score (nSPS) is 14.8. The Labute approximate surface area is 94.7 Å². The summed E-state index contributed by atoms with van der Waals surface area (Å²) in [4.78, 5) is 15.6. The molecule has 0 aliphatic rings. The Kier molecular flexibility index (Phi) is 4.42. The van der Waals surface area contributed by atoms with E-state index in [0.717, 1.165) is 0 Å². The number of nitrogens with zero attached hydrogens (tertiary/aromatic N) is 3. The van der Waals surface area contributed by atoms with Gasteiger partial charge in [-0.1, -0.05) is 13.8 Å². The predicted octanol–water partition coefficient (Wildman–Crippen LogP) is -0.0278. The smallest absolute Gasteiger partial charge is 0.244 e. The van der Waals surface area contributed by atoms with Gasteiger partial charge >= 0.3 is 0 Å². The van der Waals surface area contributed by atoms with Gasteiger partial charge in [-0.3, -0.25) is 4.79 Å². The van der Waals surface area contributed by atoms with Gasteiger partial charge in [-0.15, -0.1) is 0 Å². The molecule has 0 saturated heterocycles. The molecule has 6 nitrogen and oxygen atoms in total. The summed E-state index contributed by atoms with van der Waals surface area (Å²) in [6, 6.07) is -0.645. The molecule has 1 rings (SSSR count). The summed E-state index contributed by atoms with van der Waals surface area (Å²) in [5.74, 6) is 0.0233. The summed E-state index contributed by atoms with van der Waals surface area (Å²) in [5, 5.41) is 15.8. The van der Waals surface area contributed by atoms with Gasteiger partial charge in [-0.05, 0) is 12.8 Å². The lowest BCUT2D eigenvalue weighted by Gasteiger charge is -2.22. The molecule has 2 unspecified atom stereocenters. The minimum Gasteiger partial charge on any atom is -0.394 e. The number of aliphatic hydroxyl groups is 1. The largest absolute Gasteiger partial charge is 0.394 e. The van der Waals surface area contributed by atoms with Gasteiger partial charge < -0.3 is 10.4 Å². The third kappa shape index (κ3) is 3.03. The summed E-state index contributed by atoms with van der Waals surface area (Å²) < 4.78 is 1.48. The van der Waals surface area contributed by atoms with Crippen LogP contribution in [0.5, 0.6) is 0 Å². The zero-order valence-corrected chi connectivity index (χ0v) is 9.79. The van der Waals surface area contributed by atoms with E-state index in [1.165, 1.54) is 17.3 Å². The highest BCUT2D eigenvalue weighted by molar-refractivity contribution is 5.80. The second-order valence-corrected chi connectivity index (χ2v) is 4.09. The van der Waals surface area contributed by atoms with Gasteiger partial charge in [-0.2, -0.15) is 5.10 Å². The van der Waals surface area contributed by atoms with Crippen molar-refractivity contribution >= 4 is 5.91 Å². The highest BCUT2D eigenvalue weighted by atomic mass is 16.3. The summed E-state index contributed by atoms with van der Waals surface area (Å²) >= 11 is 0. The lowest BCUT2D eigenvalue weighted by molar-refractivity contribution is -0.125. The van der Waals surface area contributed by atoms with Crippen LogP contribution in [0.1, 0.15) is 26.8 Å². The number of carbonyl (C=O) groups is 1. The molecule has 0 aliphatic heterocycles. The van der Waals surface area contributed by atoms with Crippen molar-refractivity contribution in [3.05, 3.63) is 12.7 Å². The second-order valence-electron chi connectivity index (χ2n) is 4.09. The van der Waals surface area contributed by atoms with Crippen LogP contribution in [0.3, 0.4) is 0 Å². The first-order valence-electron chi connectivity index (χ1n) is 5.31. The number of amides is 1. The summed E-state index contributed by atoms with van der Waals surface area (Å²) in [5.41, 5.74) is 0. The monoisotopic (exact) mass is 226 g/mol. The summed E-state index contributed by atoms with van der Waals surface area (Å²) in [6.45, 7) is 5.56. The average molecular weight is 226 g/mol. The number of hydrogen-bond donors (Lipinski definition) is 2. The van der Waals surface area contributed by atoms with Crippen LogP contribution in [-0.2, 0) is 4.79 Å². The van der Waals surface area contributed by atoms with Gasteiger partial charge in [0.25, 0.3) is 0 Å². The number of nitrogens with one attached hydrogen (secondary N) is 1. The van der Waals surface area contributed by atoms with E-state index >= 15 is 0 Å². The van der Waals surface area contributed by atoms with Gasteiger partial charge in [-0.25, -0.2) is 9.67 Å². The standard InChI is InChI=1S/C10H18N4O2/c1-7(2)9(4-15)13-10(16)8(3)14-6-11-5-12-14/h5-9,15H,4H2,1-3H3,(H,13,16). The third-order valence-electron chi connectivity index (χ3n) is 2.54. The minimum atomic E-state index is -0.421. The van der Waals surface area contributed by atoms with Crippen molar-refractivity contribution in [2.45, 2.75) is 32.9 Å². The van der Waals surface area contributed by atoms with E-state index in [9.17, 15) is 4.79 Å².